The van der Waals surface area contributed by atoms with Gasteiger partial charge in [-0.05, 0) is 19.8 Å². The minimum absolute atomic E-state index is 0.123. The van der Waals surface area contributed by atoms with Crippen LogP contribution in [0.4, 0.5) is 0 Å². The Morgan fingerprint density at radius 3 is 2.94 bits per heavy atom. The Bertz CT molecular complexity index is 498. The van der Waals surface area contributed by atoms with Crippen LogP contribution in [0, 0.1) is 5.92 Å². The number of aliphatic imine (C=N–C) groups is 2. The van der Waals surface area contributed by atoms with Crippen LogP contribution in [0.1, 0.15) is 19.8 Å². The van der Waals surface area contributed by atoms with Crippen LogP contribution in [0.3, 0.4) is 0 Å². The van der Waals surface area contributed by atoms with E-state index >= 15 is 0 Å². The lowest BCUT2D eigenvalue weighted by Gasteiger charge is -2.40. The van der Waals surface area contributed by atoms with Gasteiger partial charge in [-0.3, -0.25) is 4.99 Å². The molecular weight excluding hydrogens is 331 g/mol. The van der Waals surface area contributed by atoms with Crippen molar-refractivity contribution in [3.63, 3.8) is 0 Å². The molecule has 0 bridgehead atoms. The van der Waals surface area contributed by atoms with Gasteiger partial charge in [0, 0.05) is 5.92 Å². The molecule has 6 heteroatoms. The highest BCUT2D eigenvalue weighted by atomic mass is 127. The fourth-order valence-electron chi connectivity index (χ4n) is 2.58. The van der Waals surface area contributed by atoms with E-state index in [4.69, 9.17) is 5.84 Å². The van der Waals surface area contributed by atoms with Crippen molar-refractivity contribution in [2.75, 3.05) is 0 Å². The van der Waals surface area contributed by atoms with Gasteiger partial charge in [0.05, 0.1) is 40.6 Å². The van der Waals surface area contributed by atoms with E-state index in [1.165, 1.54) is 0 Å². The maximum absolute atomic E-state index is 9.81. The summed E-state index contributed by atoms with van der Waals surface area (Å²) >= 11 is 2.16. The maximum Gasteiger partial charge on any atom is 0.293 e. The third kappa shape index (κ3) is 1.62. The van der Waals surface area contributed by atoms with Gasteiger partial charge in [0.15, 0.2) is 0 Å². The number of nitrogens with zero attached hydrogens (tertiary/aromatic N) is 3. The zero-order valence-electron chi connectivity index (χ0n) is 9.47. The van der Waals surface area contributed by atoms with Crippen molar-refractivity contribution in [3.8, 4) is 0 Å². The first-order valence-corrected chi connectivity index (χ1v) is 6.60. The predicted molar refractivity (Wildman–Crippen MR) is 73.9 cm³/mol. The molecule has 5 nitrogen and oxygen atoms in total. The highest BCUT2D eigenvalue weighted by Crippen LogP contribution is 2.46. The van der Waals surface area contributed by atoms with E-state index in [0.29, 0.717) is 5.92 Å². The molecule has 3 rings (SSSR count). The number of allylic oxidation sites excluding steroid dienone is 2. The van der Waals surface area contributed by atoms with E-state index in [1.54, 1.807) is 12.4 Å². The summed E-state index contributed by atoms with van der Waals surface area (Å²) in [4.78, 5) is 8.70. The molecule has 0 aromatic heterocycles. The van der Waals surface area contributed by atoms with Crippen LogP contribution in [0.15, 0.2) is 33.8 Å². The number of quaternary nitrogens is 1. The van der Waals surface area contributed by atoms with Crippen LogP contribution in [-0.2, 0) is 0 Å². The minimum atomic E-state index is -0.548. The van der Waals surface area contributed by atoms with Crippen LogP contribution < -0.4 is 5.84 Å². The van der Waals surface area contributed by atoms with Gasteiger partial charge in [-0.15, -0.1) is 4.59 Å². The van der Waals surface area contributed by atoms with Gasteiger partial charge in [-0.2, -0.15) is 10.8 Å². The Kier molecular flexibility index (Phi) is 2.35. The molecule has 1 fully saturated rings. The first-order valence-electron chi connectivity index (χ1n) is 5.52. The van der Waals surface area contributed by atoms with Crippen molar-refractivity contribution in [3.05, 3.63) is 23.8 Å². The van der Waals surface area contributed by atoms with Gasteiger partial charge < -0.3 is 5.11 Å². The lowest BCUT2D eigenvalue weighted by atomic mass is 9.70. The number of amidine groups is 1. The van der Waals surface area contributed by atoms with Gasteiger partial charge in [0.2, 0.25) is 5.70 Å². The molecule has 2 heterocycles. The van der Waals surface area contributed by atoms with Crippen molar-refractivity contribution >= 4 is 32.6 Å². The van der Waals surface area contributed by atoms with Gasteiger partial charge in [-0.1, -0.05) is 0 Å². The standard InChI is InChI=1S/C11H14IN4O/c1-11(17)4-7(5-11)9-8-6-14-2-3-16(8,13)10(12)15-9/h2-3,6-7,17H,4-5,13H2,1H3/q+1. The van der Waals surface area contributed by atoms with Crippen LogP contribution in [-0.4, -0.2) is 25.4 Å². The van der Waals surface area contributed by atoms with Crippen molar-refractivity contribution < 1.29 is 9.70 Å². The molecular formula is C11H14IN4O+. The lowest BCUT2D eigenvalue weighted by Crippen LogP contribution is -2.50. The summed E-state index contributed by atoms with van der Waals surface area (Å²) in [5, 5.41) is 9.81. The molecule has 0 aromatic carbocycles. The Hall–Kier alpha value is -0.570. The van der Waals surface area contributed by atoms with E-state index in [1.807, 2.05) is 13.1 Å². The smallest absolute Gasteiger partial charge is 0.293 e. The Balaban J connectivity index is 1.98. The Morgan fingerprint density at radius 1 is 1.59 bits per heavy atom. The molecule has 0 aromatic rings. The van der Waals surface area contributed by atoms with Crippen LogP contribution in [0.5, 0.6) is 0 Å². The maximum atomic E-state index is 9.81. The topological polar surface area (TPSA) is 71.0 Å². The average Bonchev–Trinajstić information content (AvgIpc) is 2.48. The Labute approximate surface area is 113 Å². The zero-order valence-corrected chi connectivity index (χ0v) is 11.6. The summed E-state index contributed by atoms with van der Waals surface area (Å²) in [6.45, 7) is 1.86. The number of aliphatic hydroxyl groups is 1. The molecule has 3 N–H and O–H groups in total. The number of hydrogen-bond donors (Lipinski definition) is 2. The van der Waals surface area contributed by atoms with Gasteiger partial charge in [-0.25, -0.2) is 0 Å². The van der Waals surface area contributed by atoms with Crippen molar-refractivity contribution in [1.29, 1.82) is 0 Å². The van der Waals surface area contributed by atoms with Crippen molar-refractivity contribution in [2.24, 2.45) is 21.7 Å². The SMILES string of the molecule is CC1(O)CC(C2=C3C=NC=C[N+]3(N)C(I)=N2)C1. The lowest BCUT2D eigenvalue weighted by molar-refractivity contribution is -0.745. The average molecular weight is 345 g/mol. The van der Waals surface area contributed by atoms with E-state index in [9.17, 15) is 5.11 Å². The normalized spacial score (nSPS) is 43.5. The molecule has 0 spiro atoms. The number of rotatable bonds is 1. The number of hydrogen-bond acceptors (Lipinski definition) is 4. The molecule has 0 radical (unpaired) electrons. The second kappa shape index (κ2) is 3.47. The fourth-order valence-corrected chi connectivity index (χ4v) is 3.27. The second-order valence-corrected chi connectivity index (χ2v) is 6.07. The molecule has 1 atom stereocenters. The molecule has 2 aliphatic heterocycles. The largest absolute Gasteiger partial charge is 0.390 e. The highest BCUT2D eigenvalue weighted by molar-refractivity contribution is 14.1. The molecule has 3 aliphatic rings. The molecule has 1 saturated carbocycles. The molecule has 0 amide bonds. The van der Waals surface area contributed by atoms with Crippen molar-refractivity contribution in [1.82, 2.24) is 0 Å². The van der Waals surface area contributed by atoms with Crippen LogP contribution in [0.2, 0.25) is 0 Å². The van der Waals surface area contributed by atoms with E-state index in [0.717, 1.165) is 28.1 Å². The van der Waals surface area contributed by atoms with Gasteiger partial charge in [0.25, 0.3) is 3.84 Å². The van der Waals surface area contributed by atoms with Crippen LogP contribution in [0.25, 0.3) is 0 Å². The van der Waals surface area contributed by atoms with Crippen LogP contribution >= 0.6 is 22.6 Å². The summed E-state index contributed by atoms with van der Waals surface area (Å²) in [5.41, 5.74) is 1.36. The predicted octanol–water partition coefficient (Wildman–Crippen LogP) is 1.41. The third-order valence-electron chi connectivity index (χ3n) is 3.52. The van der Waals surface area contributed by atoms with E-state index in [2.05, 4.69) is 32.6 Å². The molecule has 0 saturated heterocycles. The molecule has 17 heavy (non-hydrogen) atoms. The fraction of sp³-hybridized carbons (Fsp3) is 0.455. The van der Waals surface area contributed by atoms with Crippen molar-refractivity contribution in [2.45, 2.75) is 25.4 Å². The Morgan fingerprint density at radius 2 is 2.29 bits per heavy atom. The van der Waals surface area contributed by atoms with Gasteiger partial charge in [0.1, 0.15) is 11.9 Å². The summed E-state index contributed by atoms with van der Waals surface area (Å²) in [6, 6.07) is 0. The summed E-state index contributed by atoms with van der Waals surface area (Å²) in [6.07, 6.45) is 6.78. The molecule has 1 aliphatic carbocycles. The number of fused-ring (bicyclic) bond motifs is 1. The molecule has 1 unspecified atom stereocenters. The van der Waals surface area contributed by atoms with Gasteiger partial charge >= 0.3 is 0 Å². The van der Waals surface area contributed by atoms with E-state index in [-0.39, 0.29) is 4.59 Å². The second-order valence-electron chi connectivity index (χ2n) is 5.11. The molecule has 90 valence electrons. The monoisotopic (exact) mass is 345 g/mol. The minimum Gasteiger partial charge on any atom is -0.390 e. The van der Waals surface area contributed by atoms with E-state index < -0.39 is 5.60 Å². The first kappa shape index (κ1) is 11.5. The summed E-state index contributed by atoms with van der Waals surface area (Å²) in [7, 11) is 0. The number of nitrogens with two attached hydrogens (primary N) is 1. The zero-order chi connectivity index (χ0) is 12.3. The summed E-state index contributed by atoms with van der Waals surface area (Å²) in [5.74, 6) is 6.58. The highest BCUT2D eigenvalue weighted by Gasteiger charge is 2.49. The third-order valence-corrected chi connectivity index (χ3v) is 4.56. The first-order chi connectivity index (χ1) is 7.92. The number of halogens is 1. The summed E-state index contributed by atoms with van der Waals surface area (Å²) < 4.78 is 0.944. The quantitative estimate of drug-likeness (QED) is 0.327.